The molecule has 1 aromatic rings. The summed E-state index contributed by atoms with van der Waals surface area (Å²) in [5.74, 6) is 0.844. The summed E-state index contributed by atoms with van der Waals surface area (Å²) in [5.41, 5.74) is 12.5. The Morgan fingerprint density at radius 3 is 2.56 bits per heavy atom. The molecule has 2 atom stereocenters. The molecule has 1 fully saturated rings. The van der Waals surface area contributed by atoms with Crippen LogP contribution in [0.5, 0.6) is 5.75 Å². The SMILES string of the molecule is COc1ccc(C2(C)CC(N)(CN)CCO2)cc1. The molecule has 0 aromatic heterocycles. The third kappa shape index (κ3) is 2.51. The topological polar surface area (TPSA) is 70.5 Å². The van der Waals surface area contributed by atoms with Crippen molar-refractivity contribution in [2.75, 3.05) is 20.3 Å². The lowest BCUT2D eigenvalue weighted by Gasteiger charge is -2.44. The summed E-state index contributed by atoms with van der Waals surface area (Å²) in [6, 6.07) is 7.95. The summed E-state index contributed by atoms with van der Waals surface area (Å²) in [7, 11) is 1.66. The van der Waals surface area contributed by atoms with Gasteiger partial charge in [0.1, 0.15) is 5.75 Å². The van der Waals surface area contributed by atoms with E-state index in [1.54, 1.807) is 7.11 Å². The van der Waals surface area contributed by atoms with E-state index in [0.717, 1.165) is 24.2 Å². The Bertz CT molecular complexity index is 407. The predicted molar refractivity (Wildman–Crippen MR) is 71.5 cm³/mol. The van der Waals surface area contributed by atoms with Crippen LogP contribution in [0.1, 0.15) is 25.3 Å². The van der Waals surface area contributed by atoms with Crippen molar-refractivity contribution in [3.8, 4) is 5.75 Å². The van der Waals surface area contributed by atoms with E-state index >= 15 is 0 Å². The molecule has 0 saturated carbocycles. The van der Waals surface area contributed by atoms with Gasteiger partial charge < -0.3 is 20.9 Å². The predicted octanol–water partition coefficient (Wildman–Crippen LogP) is 1.38. The van der Waals surface area contributed by atoms with Gasteiger partial charge in [-0.1, -0.05) is 12.1 Å². The molecule has 18 heavy (non-hydrogen) atoms. The highest BCUT2D eigenvalue weighted by Gasteiger charge is 2.41. The van der Waals surface area contributed by atoms with E-state index in [0.29, 0.717) is 13.2 Å². The van der Waals surface area contributed by atoms with Crippen molar-refractivity contribution in [1.82, 2.24) is 0 Å². The van der Waals surface area contributed by atoms with Crippen molar-refractivity contribution in [2.24, 2.45) is 11.5 Å². The number of ether oxygens (including phenoxy) is 2. The summed E-state index contributed by atoms with van der Waals surface area (Å²) >= 11 is 0. The van der Waals surface area contributed by atoms with E-state index < -0.39 is 0 Å². The second-order valence-corrected chi connectivity index (χ2v) is 5.30. The Morgan fingerprint density at radius 2 is 2.00 bits per heavy atom. The second kappa shape index (κ2) is 4.88. The van der Waals surface area contributed by atoms with E-state index in [1.165, 1.54) is 0 Å². The van der Waals surface area contributed by atoms with Crippen LogP contribution in [-0.2, 0) is 10.3 Å². The Kier molecular flexibility index (Phi) is 3.61. The molecule has 1 aliphatic heterocycles. The average Bonchev–Trinajstić information content (AvgIpc) is 2.39. The molecular weight excluding hydrogens is 228 g/mol. The van der Waals surface area contributed by atoms with Crippen LogP contribution in [0.2, 0.25) is 0 Å². The van der Waals surface area contributed by atoms with E-state index in [9.17, 15) is 0 Å². The molecule has 0 bridgehead atoms. The van der Waals surface area contributed by atoms with Gasteiger partial charge in [0.05, 0.1) is 12.7 Å². The van der Waals surface area contributed by atoms with Crippen molar-refractivity contribution < 1.29 is 9.47 Å². The first-order valence-electron chi connectivity index (χ1n) is 6.29. The molecule has 0 aliphatic carbocycles. The molecule has 0 amide bonds. The van der Waals surface area contributed by atoms with Gasteiger partial charge in [-0.15, -0.1) is 0 Å². The highest BCUT2D eigenvalue weighted by Crippen LogP contribution is 2.38. The number of hydrogen-bond donors (Lipinski definition) is 2. The van der Waals surface area contributed by atoms with Crippen LogP contribution in [0.3, 0.4) is 0 Å². The first-order valence-corrected chi connectivity index (χ1v) is 6.29. The quantitative estimate of drug-likeness (QED) is 0.850. The maximum atomic E-state index is 6.30. The Labute approximate surface area is 108 Å². The maximum absolute atomic E-state index is 6.30. The number of benzene rings is 1. The summed E-state index contributed by atoms with van der Waals surface area (Å²) in [4.78, 5) is 0. The molecule has 100 valence electrons. The first kappa shape index (κ1) is 13.3. The van der Waals surface area contributed by atoms with Crippen molar-refractivity contribution >= 4 is 0 Å². The molecular formula is C14H22N2O2. The van der Waals surface area contributed by atoms with Crippen molar-refractivity contribution in [3.05, 3.63) is 29.8 Å². The van der Waals surface area contributed by atoms with E-state index in [-0.39, 0.29) is 11.1 Å². The molecule has 1 heterocycles. The zero-order chi connectivity index (χ0) is 13.2. The summed E-state index contributed by atoms with van der Waals surface area (Å²) in [6.45, 7) is 3.21. The van der Waals surface area contributed by atoms with Crippen LogP contribution in [-0.4, -0.2) is 25.8 Å². The second-order valence-electron chi connectivity index (χ2n) is 5.30. The minimum Gasteiger partial charge on any atom is -0.497 e. The van der Waals surface area contributed by atoms with Crippen molar-refractivity contribution in [2.45, 2.75) is 30.9 Å². The van der Waals surface area contributed by atoms with Crippen molar-refractivity contribution in [3.63, 3.8) is 0 Å². The number of methoxy groups -OCH3 is 1. The zero-order valence-electron chi connectivity index (χ0n) is 11.1. The first-order chi connectivity index (χ1) is 8.51. The molecule has 2 unspecified atom stereocenters. The highest BCUT2D eigenvalue weighted by molar-refractivity contribution is 5.31. The van der Waals surface area contributed by atoms with Crippen LogP contribution in [0, 0.1) is 0 Å². The molecule has 0 radical (unpaired) electrons. The average molecular weight is 250 g/mol. The summed E-state index contributed by atoms with van der Waals surface area (Å²) in [5, 5.41) is 0. The molecule has 2 rings (SSSR count). The lowest BCUT2D eigenvalue weighted by atomic mass is 9.78. The van der Waals surface area contributed by atoms with E-state index in [2.05, 4.69) is 6.92 Å². The third-order valence-electron chi connectivity index (χ3n) is 3.82. The molecule has 4 nitrogen and oxygen atoms in total. The largest absolute Gasteiger partial charge is 0.497 e. The highest BCUT2D eigenvalue weighted by atomic mass is 16.5. The number of nitrogens with two attached hydrogens (primary N) is 2. The van der Waals surface area contributed by atoms with Crippen LogP contribution >= 0.6 is 0 Å². The van der Waals surface area contributed by atoms with Gasteiger partial charge in [0.15, 0.2) is 0 Å². The number of hydrogen-bond acceptors (Lipinski definition) is 4. The van der Waals surface area contributed by atoms with Crippen LogP contribution < -0.4 is 16.2 Å². The van der Waals surface area contributed by atoms with Crippen LogP contribution in [0.25, 0.3) is 0 Å². The molecule has 4 N–H and O–H groups in total. The summed E-state index contributed by atoms with van der Waals surface area (Å²) in [6.07, 6.45) is 1.55. The molecule has 4 heteroatoms. The maximum Gasteiger partial charge on any atom is 0.118 e. The van der Waals surface area contributed by atoms with Gasteiger partial charge >= 0.3 is 0 Å². The fraction of sp³-hybridized carbons (Fsp3) is 0.571. The van der Waals surface area contributed by atoms with Gasteiger partial charge in [0.2, 0.25) is 0 Å². The van der Waals surface area contributed by atoms with Gasteiger partial charge in [-0.25, -0.2) is 0 Å². The minimum absolute atomic E-state index is 0.326. The smallest absolute Gasteiger partial charge is 0.118 e. The van der Waals surface area contributed by atoms with Gasteiger partial charge in [-0.3, -0.25) is 0 Å². The fourth-order valence-corrected chi connectivity index (χ4v) is 2.59. The van der Waals surface area contributed by atoms with Crippen LogP contribution in [0.15, 0.2) is 24.3 Å². The molecule has 0 spiro atoms. The van der Waals surface area contributed by atoms with E-state index in [4.69, 9.17) is 20.9 Å². The van der Waals surface area contributed by atoms with Crippen molar-refractivity contribution in [1.29, 1.82) is 0 Å². The van der Waals surface area contributed by atoms with Gasteiger partial charge in [0, 0.05) is 18.7 Å². The summed E-state index contributed by atoms with van der Waals surface area (Å²) < 4.78 is 11.1. The van der Waals surface area contributed by atoms with E-state index in [1.807, 2.05) is 24.3 Å². The lowest BCUT2D eigenvalue weighted by Crippen LogP contribution is -2.56. The van der Waals surface area contributed by atoms with Gasteiger partial charge in [-0.2, -0.15) is 0 Å². The zero-order valence-corrected chi connectivity index (χ0v) is 11.1. The monoisotopic (exact) mass is 250 g/mol. The lowest BCUT2D eigenvalue weighted by molar-refractivity contribution is -0.0957. The van der Waals surface area contributed by atoms with Gasteiger partial charge in [0.25, 0.3) is 0 Å². The Hall–Kier alpha value is -1.10. The minimum atomic E-state index is -0.362. The third-order valence-corrected chi connectivity index (χ3v) is 3.82. The Morgan fingerprint density at radius 1 is 1.33 bits per heavy atom. The van der Waals surface area contributed by atoms with Crippen LogP contribution in [0.4, 0.5) is 0 Å². The molecule has 1 saturated heterocycles. The number of rotatable bonds is 3. The fourth-order valence-electron chi connectivity index (χ4n) is 2.59. The normalized spacial score (nSPS) is 32.2. The molecule has 1 aromatic carbocycles. The standard InChI is InChI=1S/C14H22N2O2/c1-13(9-14(16,10-15)7-8-18-13)11-3-5-12(17-2)6-4-11/h3-6H,7-10,15-16H2,1-2H3. The van der Waals surface area contributed by atoms with Gasteiger partial charge in [-0.05, 0) is 37.5 Å². The molecule has 1 aliphatic rings. The Balaban J connectivity index is 2.23.